The first kappa shape index (κ1) is 18.7. The summed E-state index contributed by atoms with van der Waals surface area (Å²) in [6, 6.07) is 5.51. The minimum atomic E-state index is -3.54. The van der Waals surface area contributed by atoms with Crippen molar-refractivity contribution in [1.29, 1.82) is 0 Å². The third-order valence-electron chi connectivity index (χ3n) is 4.23. The first-order valence-corrected chi connectivity index (χ1v) is 10.2. The molecule has 1 fully saturated rings. The molecule has 142 valence electrons. The fraction of sp³-hybridized carbons (Fsp3) is 0.471. The third-order valence-corrected chi connectivity index (χ3v) is 5.67. The second kappa shape index (κ2) is 7.63. The van der Waals surface area contributed by atoms with E-state index in [0.717, 1.165) is 12.8 Å². The van der Waals surface area contributed by atoms with Gasteiger partial charge in [0.2, 0.25) is 10.0 Å². The lowest BCUT2D eigenvalue weighted by Crippen LogP contribution is -2.31. The Morgan fingerprint density at radius 1 is 1.42 bits per heavy atom. The molecule has 7 nitrogen and oxygen atoms in total. The van der Waals surface area contributed by atoms with Crippen LogP contribution < -0.4 is 15.2 Å². The molecule has 1 aromatic heterocycles. The number of nitrogens with zero attached hydrogens (tertiary/aromatic N) is 2. The van der Waals surface area contributed by atoms with E-state index in [-0.39, 0.29) is 18.0 Å². The smallest absolute Gasteiger partial charge is 0.213 e. The van der Waals surface area contributed by atoms with E-state index in [1.165, 1.54) is 10.7 Å². The minimum Gasteiger partial charge on any atom is -0.490 e. The van der Waals surface area contributed by atoms with E-state index in [2.05, 4.69) is 9.82 Å². The number of anilines is 1. The molecule has 26 heavy (non-hydrogen) atoms. The first-order chi connectivity index (χ1) is 12.3. The molecule has 2 aromatic rings. The topological polar surface area (TPSA) is 99.2 Å². The summed E-state index contributed by atoms with van der Waals surface area (Å²) in [6.45, 7) is 2.40. The summed E-state index contributed by atoms with van der Waals surface area (Å²) in [5, 5.41) is 3.96. The van der Waals surface area contributed by atoms with Crippen molar-refractivity contribution in [3.63, 3.8) is 0 Å². The number of benzene rings is 1. The molecule has 1 heterocycles. The summed E-state index contributed by atoms with van der Waals surface area (Å²) in [7, 11) is -3.54. The molecule has 0 saturated heterocycles. The molecular weight excluding hydrogens is 359 g/mol. The number of nitrogens with one attached hydrogen (secondary N) is 1. The van der Waals surface area contributed by atoms with Crippen LogP contribution >= 0.6 is 0 Å². The molecular formula is C17H23FN4O3S. The van der Waals surface area contributed by atoms with Crippen LogP contribution in [-0.4, -0.2) is 30.6 Å². The average Bonchev–Trinajstić information content (AvgIpc) is 3.32. The number of aryl methyl sites for hydroxylation is 1. The van der Waals surface area contributed by atoms with Gasteiger partial charge in [-0.3, -0.25) is 4.68 Å². The van der Waals surface area contributed by atoms with Crippen molar-refractivity contribution in [3.05, 3.63) is 41.8 Å². The zero-order valence-corrected chi connectivity index (χ0v) is 15.4. The van der Waals surface area contributed by atoms with Gasteiger partial charge in [-0.1, -0.05) is 6.07 Å². The van der Waals surface area contributed by atoms with Gasteiger partial charge in [0.1, 0.15) is 5.82 Å². The Kier molecular flexibility index (Phi) is 5.47. The first-order valence-electron chi connectivity index (χ1n) is 8.53. The minimum absolute atomic E-state index is 0.134. The summed E-state index contributed by atoms with van der Waals surface area (Å²) in [4.78, 5) is 0. The maximum Gasteiger partial charge on any atom is 0.213 e. The maximum atomic E-state index is 13.9. The number of ether oxygens (including phenoxy) is 1. The fourth-order valence-corrected chi connectivity index (χ4v) is 3.72. The number of aromatic nitrogens is 2. The van der Waals surface area contributed by atoms with Crippen LogP contribution in [0.4, 0.5) is 10.2 Å². The van der Waals surface area contributed by atoms with Gasteiger partial charge >= 0.3 is 0 Å². The zero-order chi connectivity index (χ0) is 18.7. The van der Waals surface area contributed by atoms with Crippen molar-refractivity contribution in [2.45, 2.75) is 32.4 Å². The molecule has 0 unspecified atom stereocenters. The van der Waals surface area contributed by atoms with Crippen LogP contribution in [0, 0.1) is 11.7 Å². The molecule has 3 N–H and O–H groups in total. The van der Waals surface area contributed by atoms with E-state index >= 15 is 0 Å². The normalized spacial score (nSPS) is 15.8. The number of sulfonamides is 1. The molecule has 9 heteroatoms. The van der Waals surface area contributed by atoms with Gasteiger partial charge in [0.25, 0.3) is 0 Å². The molecule has 0 radical (unpaired) electrons. The summed E-state index contributed by atoms with van der Waals surface area (Å²) in [6.07, 6.45) is 3.84. The Morgan fingerprint density at radius 2 is 2.19 bits per heavy atom. The van der Waals surface area contributed by atoms with Crippen LogP contribution in [0.5, 0.6) is 5.75 Å². The predicted molar refractivity (Wildman–Crippen MR) is 96.6 cm³/mol. The Balaban J connectivity index is 1.60. The Labute approximate surface area is 152 Å². The van der Waals surface area contributed by atoms with Crippen LogP contribution in [0.25, 0.3) is 0 Å². The van der Waals surface area contributed by atoms with Gasteiger partial charge in [-0.15, -0.1) is 0 Å². The zero-order valence-electron chi connectivity index (χ0n) is 14.6. The van der Waals surface area contributed by atoms with E-state index in [9.17, 15) is 12.8 Å². The number of hydrogen-bond donors (Lipinski definition) is 2. The summed E-state index contributed by atoms with van der Waals surface area (Å²) < 4.78 is 48.0. The second-order valence-corrected chi connectivity index (χ2v) is 8.48. The molecule has 1 saturated carbocycles. The Bertz CT molecular complexity index is 865. The number of nitrogen functional groups attached to an aromatic ring is 1. The highest BCUT2D eigenvalue weighted by Gasteiger charge is 2.23. The molecule has 1 aromatic carbocycles. The molecule has 3 rings (SSSR count). The number of rotatable bonds is 9. The van der Waals surface area contributed by atoms with Crippen molar-refractivity contribution < 1.29 is 17.5 Å². The van der Waals surface area contributed by atoms with E-state index < -0.39 is 21.9 Å². The molecule has 1 aliphatic carbocycles. The monoisotopic (exact) mass is 382 g/mol. The van der Waals surface area contributed by atoms with Gasteiger partial charge in [0.15, 0.2) is 11.6 Å². The number of halogens is 1. The SMILES string of the molecule is C[C@@H](NS(=O)(=O)CCn1ccc(N)n1)c1ccc(F)c(OCC2CC2)c1. The molecule has 0 amide bonds. The summed E-state index contributed by atoms with van der Waals surface area (Å²) in [5.41, 5.74) is 6.15. The van der Waals surface area contributed by atoms with Crippen LogP contribution in [0.2, 0.25) is 0 Å². The number of hydrogen-bond acceptors (Lipinski definition) is 5. The standard InChI is InChI=1S/C17H23FN4O3S/c1-12(21-26(23,24)9-8-22-7-6-17(19)20-22)14-4-5-15(18)16(10-14)25-11-13-2-3-13/h4-7,10,12-13,21H,2-3,8-9,11H2,1H3,(H2,19,20)/t12-/m1/s1. The predicted octanol–water partition coefficient (Wildman–Crippen LogP) is 2.07. The van der Waals surface area contributed by atoms with Crippen LogP contribution in [0.1, 0.15) is 31.4 Å². The quantitative estimate of drug-likeness (QED) is 0.692. The van der Waals surface area contributed by atoms with Crippen molar-refractivity contribution in [3.8, 4) is 5.75 Å². The van der Waals surface area contributed by atoms with E-state index in [1.807, 2.05) is 0 Å². The lowest BCUT2D eigenvalue weighted by Gasteiger charge is -2.16. The van der Waals surface area contributed by atoms with Crippen molar-refractivity contribution in [2.75, 3.05) is 18.1 Å². The average molecular weight is 382 g/mol. The van der Waals surface area contributed by atoms with Crippen molar-refractivity contribution in [1.82, 2.24) is 14.5 Å². The fourth-order valence-electron chi connectivity index (χ4n) is 2.50. The lowest BCUT2D eigenvalue weighted by molar-refractivity contribution is 0.285. The van der Waals surface area contributed by atoms with Crippen LogP contribution in [0.15, 0.2) is 30.5 Å². The van der Waals surface area contributed by atoms with E-state index in [1.54, 1.807) is 31.3 Å². The van der Waals surface area contributed by atoms with E-state index in [4.69, 9.17) is 10.5 Å². The molecule has 0 aliphatic heterocycles. The van der Waals surface area contributed by atoms with E-state index in [0.29, 0.717) is 23.9 Å². The van der Waals surface area contributed by atoms with Crippen LogP contribution in [-0.2, 0) is 16.6 Å². The molecule has 1 atom stereocenters. The van der Waals surface area contributed by atoms with Crippen molar-refractivity contribution >= 4 is 15.8 Å². The number of nitrogens with two attached hydrogens (primary N) is 1. The van der Waals surface area contributed by atoms with Crippen LogP contribution in [0.3, 0.4) is 0 Å². The third kappa shape index (κ3) is 5.18. The van der Waals surface area contributed by atoms with Crippen molar-refractivity contribution in [2.24, 2.45) is 5.92 Å². The van der Waals surface area contributed by atoms with Gasteiger partial charge in [0, 0.05) is 12.2 Å². The molecule has 1 aliphatic rings. The van der Waals surface area contributed by atoms with Gasteiger partial charge < -0.3 is 10.5 Å². The Hall–Kier alpha value is -2.13. The highest BCUT2D eigenvalue weighted by Crippen LogP contribution is 2.31. The lowest BCUT2D eigenvalue weighted by atomic mass is 10.1. The largest absolute Gasteiger partial charge is 0.490 e. The summed E-state index contributed by atoms with van der Waals surface area (Å²) >= 11 is 0. The second-order valence-electron chi connectivity index (χ2n) is 6.61. The highest BCUT2D eigenvalue weighted by atomic mass is 32.2. The van der Waals surface area contributed by atoms with Gasteiger partial charge in [-0.25, -0.2) is 17.5 Å². The molecule has 0 bridgehead atoms. The summed E-state index contributed by atoms with van der Waals surface area (Å²) in [5.74, 6) is 0.428. The van der Waals surface area contributed by atoms with Gasteiger partial charge in [-0.2, -0.15) is 5.10 Å². The molecule has 0 spiro atoms. The van der Waals surface area contributed by atoms with Gasteiger partial charge in [0.05, 0.1) is 18.9 Å². The Morgan fingerprint density at radius 3 is 2.85 bits per heavy atom. The maximum absolute atomic E-state index is 13.9. The van der Waals surface area contributed by atoms with Gasteiger partial charge in [-0.05, 0) is 49.4 Å². The highest BCUT2D eigenvalue weighted by molar-refractivity contribution is 7.89.